The lowest BCUT2D eigenvalue weighted by Gasteiger charge is -2.17. The SMILES string of the molecule is CC(CCO)CNC(=O)NC(C)COc1ccc(F)cc1F. The molecule has 124 valence electrons. The average molecular weight is 316 g/mol. The van der Waals surface area contributed by atoms with Crippen LogP contribution in [0, 0.1) is 17.6 Å². The predicted molar refractivity (Wildman–Crippen MR) is 78.7 cm³/mol. The molecule has 22 heavy (non-hydrogen) atoms. The van der Waals surface area contributed by atoms with Gasteiger partial charge in [0.2, 0.25) is 0 Å². The van der Waals surface area contributed by atoms with Gasteiger partial charge in [-0.25, -0.2) is 13.6 Å². The third kappa shape index (κ3) is 6.71. The number of carbonyl (C=O) groups excluding carboxylic acids is 1. The molecule has 0 aliphatic carbocycles. The topological polar surface area (TPSA) is 70.6 Å². The summed E-state index contributed by atoms with van der Waals surface area (Å²) in [5.74, 6) is -1.34. The summed E-state index contributed by atoms with van der Waals surface area (Å²) in [6.07, 6.45) is 0.614. The third-order valence-electron chi connectivity index (χ3n) is 2.99. The van der Waals surface area contributed by atoms with Crippen molar-refractivity contribution in [2.75, 3.05) is 19.8 Å². The maximum absolute atomic E-state index is 13.4. The van der Waals surface area contributed by atoms with Gasteiger partial charge in [0.15, 0.2) is 11.6 Å². The number of aliphatic hydroxyl groups is 1. The molecule has 0 aliphatic heterocycles. The van der Waals surface area contributed by atoms with E-state index in [4.69, 9.17) is 9.84 Å². The lowest BCUT2D eigenvalue weighted by atomic mass is 10.1. The number of hydrogen-bond acceptors (Lipinski definition) is 3. The van der Waals surface area contributed by atoms with Crippen molar-refractivity contribution in [1.29, 1.82) is 0 Å². The van der Waals surface area contributed by atoms with E-state index in [1.807, 2.05) is 6.92 Å². The molecule has 1 aromatic rings. The van der Waals surface area contributed by atoms with Crippen LogP contribution in [0.4, 0.5) is 13.6 Å². The van der Waals surface area contributed by atoms with Crippen molar-refractivity contribution in [2.45, 2.75) is 26.3 Å². The van der Waals surface area contributed by atoms with Crippen molar-refractivity contribution in [1.82, 2.24) is 10.6 Å². The second-order valence-electron chi connectivity index (χ2n) is 5.26. The number of halogens is 2. The smallest absolute Gasteiger partial charge is 0.315 e. The van der Waals surface area contributed by atoms with Crippen LogP contribution in [0.5, 0.6) is 5.75 Å². The first kappa shape index (κ1) is 18.2. The first-order valence-corrected chi connectivity index (χ1v) is 7.15. The molecule has 2 amide bonds. The molecule has 1 rings (SSSR count). The van der Waals surface area contributed by atoms with Gasteiger partial charge >= 0.3 is 6.03 Å². The minimum atomic E-state index is -0.783. The molecular formula is C15H22F2N2O3. The van der Waals surface area contributed by atoms with Crippen LogP contribution in [0.2, 0.25) is 0 Å². The molecule has 0 spiro atoms. The zero-order valence-corrected chi connectivity index (χ0v) is 12.7. The second-order valence-corrected chi connectivity index (χ2v) is 5.26. The molecule has 0 saturated carbocycles. The fourth-order valence-corrected chi connectivity index (χ4v) is 1.71. The van der Waals surface area contributed by atoms with Gasteiger partial charge in [-0.05, 0) is 31.4 Å². The zero-order chi connectivity index (χ0) is 16.5. The van der Waals surface area contributed by atoms with E-state index in [1.165, 1.54) is 6.07 Å². The van der Waals surface area contributed by atoms with Gasteiger partial charge < -0.3 is 20.5 Å². The Morgan fingerprint density at radius 3 is 2.73 bits per heavy atom. The molecule has 0 radical (unpaired) electrons. The Kier molecular flexibility index (Phi) is 7.59. The van der Waals surface area contributed by atoms with Gasteiger partial charge in [0.25, 0.3) is 0 Å². The summed E-state index contributed by atoms with van der Waals surface area (Å²) < 4.78 is 31.3. The minimum absolute atomic E-state index is 0.0577. The van der Waals surface area contributed by atoms with Crippen LogP contribution in [-0.2, 0) is 0 Å². The van der Waals surface area contributed by atoms with Crippen LogP contribution < -0.4 is 15.4 Å². The molecular weight excluding hydrogens is 294 g/mol. The predicted octanol–water partition coefficient (Wildman–Crippen LogP) is 2.05. The summed E-state index contributed by atoms with van der Waals surface area (Å²) in [4.78, 5) is 11.6. The van der Waals surface area contributed by atoms with Crippen molar-refractivity contribution in [3.05, 3.63) is 29.8 Å². The van der Waals surface area contributed by atoms with Gasteiger partial charge in [-0.3, -0.25) is 0 Å². The normalized spacial score (nSPS) is 13.3. The fourth-order valence-electron chi connectivity index (χ4n) is 1.71. The highest BCUT2D eigenvalue weighted by molar-refractivity contribution is 5.74. The van der Waals surface area contributed by atoms with E-state index in [2.05, 4.69) is 10.6 Å². The van der Waals surface area contributed by atoms with Crippen LogP contribution in [0.15, 0.2) is 18.2 Å². The number of hydrogen-bond donors (Lipinski definition) is 3. The second kappa shape index (κ2) is 9.19. The highest BCUT2D eigenvalue weighted by Gasteiger charge is 2.11. The summed E-state index contributed by atoms with van der Waals surface area (Å²) in [7, 11) is 0. The molecule has 0 bridgehead atoms. The van der Waals surface area contributed by atoms with Crippen LogP contribution in [-0.4, -0.2) is 36.9 Å². The van der Waals surface area contributed by atoms with Crippen LogP contribution in [0.1, 0.15) is 20.3 Å². The third-order valence-corrected chi connectivity index (χ3v) is 2.99. The van der Waals surface area contributed by atoms with Gasteiger partial charge in [-0.15, -0.1) is 0 Å². The number of nitrogens with one attached hydrogen (secondary N) is 2. The van der Waals surface area contributed by atoms with E-state index in [1.54, 1.807) is 6.92 Å². The van der Waals surface area contributed by atoms with E-state index < -0.39 is 11.6 Å². The van der Waals surface area contributed by atoms with Crippen molar-refractivity contribution in [3.63, 3.8) is 0 Å². The molecule has 0 aromatic heterocycles. The van der Waals surface area contributed by atoms with Crippen LogP contribution in [0.25, 0.3) is 0 Å². The first-order valence-electron chi connectivity index (χ1n) is 7.15. The highest BCUT2D eigenvalue weighted by Crippen LogP contribution is 2.17. The van der Waals surface area contributed by atoms with Gasteiger partial charge in [-0.1, -0.05) is 6.92 Å². The van der Waals surface area contributed by atoms with Crippen molar-refractivity contribution < 1.29 is 23.4 Å². The summed E-state index contributed by atoms with van der Waals surface area (Å²) in [5.41, 5.74) is 0. The number of aliphatic hydroxyl groups excluding tert-OH is 1. The molecule has 1 aromatic carbocycles. The molecule has 2 atom stereocenters. The Morgan fingerprint density at radius 1 is 1.36 bits per heavy atom. The summed E-state index contributed by atoms with van der Waals surface area (Å²) in [6.45, 7) is 4.21. The Labute approximate surface area is 128 Å². The average Bonchev–Trinajstić information content (AvgIpc) is 2.44. The maximum atomic E-state index is 13.4. The number of ether oxygens (including phenoxy) is 1. The Bertz CT molecular complexity index is 486. The monoisotopic (exact) mass is 316 g/mol. The first-order chi connectivity index (χ1) is 10.4. The van der Waals surface area contributed by atoms with Gasteiger partial charge in [0, 0.05) is 19.2 Å². The Balaban J connectivity index is 2.30. The largest absolute Gasteiger partial charge is 0.488 e. The molecule has 0 aliphatic rings. The minimum Gasteiger partial charge on any atom is -0.488 e. The van der Waals surface area contributed by atoms with E-state index in [9.17, 15) is 13.6 Å². The lowest BCUT2D eigenvalue weighted by molar-refractivity contribution is 0.220. The number of rotatable bonds is 8. The van der Waals surface area contributed by atoms with E-state index in [-0.39, 0.29) is 37.0 Å². The summed E-state index contributed by atoms with van der Waals surface area (Å²) in [5, 5.41) is 14.1. The molecule has 5 nitrogen and oxygen atoms in total. The zero-order valence-electron chi connectivity index (χ0n) is 12.7. The molecule has 3 N–H and O–H groups in total. The number of urea groups is 1. The standard InChI is InChI=1S/C15H22F2N2O3/c1-10(5-6-20)8-18-15(21)19-11(2)9-22-14-4-3-12(16)7-13(14)17/h3-4,7,10-11,20H,5-6,8-9H2,1-2H3,(H2,18,19,21). The van der Waals surface area contributed by atoms with Crippen LogP contribution in [0.3, 0.4) is 0 Å². The highest BCUT2D eigenvalue weighted by atomic mass is 19.1. The van der Waals surface area contributed by atoms with E-state index in [0.29, 0.717) is 13.0 Å². The molecule has 0 heterocycles. The van der Waals surface area contributed by atoms with Gasteiger partial charge in [0.1, 0.15) is 12.4 Å². The lowest BCUT2D eigenvalue weighted by Crippen LogP contribution is -2.44. The number of benzene rings is 1. The van der Waals surface area contributed by atoms with Crippen molar-refractivity contribution in [2.24, 2.45) is 5.92 Å². The Hall–Kier alpha value is -1.89. The molecule has 2 unspecified atom stereocenters. The van der Waals surface area contributed by atoms with E-state index in [0.717, 1.165) is 12.1 Å². The fraction of sp³-hybridized carbons (Fsp3) is 0.533. The number of carbonyl (C=O) groups is 1. The molecule has 7 heteroatoms. The van der Waals surface area contributed by atoms with Gasteiger partial charge in [0.05, 0.1) is 6.04 Å². The number of amides is 2. The Morgan fingerprint density at radius 2 is 2.09 bits per heavy atom. The molecule has 0 saturated heterocycles. The van der Waals surface area contributed by atoms with Crippen molar-refractivity contribution in [3.8, 4) is 5.75 Å². The van der Waals surface area contributed by atoms with Crippen LogP contribution >= 0.6 is 0 Å². The summed E-state index contributed by atoms with van der Waals surface area (Å²) in [6, 6.07) is 2.33. The van der Waals surface area contributed by atoms with Gasteiger partial charge in [-0.2, -0.15) is 0 Å². The molecule has 0 fully saturated rings. The van der Waals surface area contributed by atoms with E-state index >= 15 is 0 Å². The van der Waals surface area contributed by atoms with Crippen molar-refractivity contribution >= 4 is 6.03 Å². The maximum Gasteiger partial charge on any atom is 0.315 e. The summed E-state index contributed by atoms with van der Waals surface area (Å²) >= 11 is 0. The quantitative estimate of drug-likeness (QED) is 0.687.